The van der Waals surface area contributed by atoms with Crippen LogP contribution in [-0.4, -0.2) is 47.4 Å². The first-order valence-electron chi connectivity index (χ1n) is 37.9. The second kappa shape index (κ2) is 72.1. The van der Waals surface area contributed by atoms with Crippen LogP contribution in [0.25, 0.3) is 0 Å². The number of unbranched alkanes of at least 4 members (excludes halogenated alkanes) is 59. The van der Waals surface area contributed by atoms with E-state index in [0.29, 0.717) is 25.9 Å². The van der Waals surface area contributed by atoms with Gasteiger partial charge < -0.3 is 20.3 Å². The van der Waals surface area contributed by atoms with Gasteiger partial charge in [0.1, 0.15) is 0 Å². The van der Waals surface area contributed by atoms with Crippen LogP contribution < -0.4 is 5.32 Å². The summed E-state index contributed by atoms with van der Waals surface area (Å²) in [6, 6.07) is -0.536. The number of rotatable bonds is 72. The molecule has 0 radical (unpaired) electrons. The van der Waals surface area contributed by atoms with Crippen molar-refractivity contribution in [3.63, 3.8) is 0 Å². The van der Waals surface area contributed by atoms with Crippen LogP contribution in [0.2, 0.25) is 0 Å². The predicted molar refractivity (Wildman–Crippen MR) is 361 cm³/mol. The average Bonchev–Trinajstić information content (AvgIpc) is 3.48. The molecule has 2 atom stereocenters. The van der Waals surface area contributed by atoms with Crippen LogP contribution in [0.5, 0.6) is 0 Å². The monoisotopic (exact) mass is 1160 g/mol. The fourth-order valence-electron chi connectivity index (χ4n) is 12.3. The van der Waals surface area contributed by atoms with Crippen LogP contribution in [-0.2, 0) is 14.3 Å². The van der Waals surface area contributed by atoms with Gasteiger partial charge in [0, 0.05) is 12.8 Å². The van der Waals surface area contributed by atoms with Crippen molar-refractivity contribution in [3.05, 3.63) is 12.2 Å². The first-order valence-corrected chi connectivity index (χ1v) is 37.9. The van der Waals surface area contributed by atoms with Crippen molar-refractivity contribution in [3.8, 4) is 0 Å². The number of carbonyl (C=O) groups is 2. The van der Waals surface area contributed by atoms with E-state index in [2.05, 4.69) is 31.3 Å². The summed E-state index contributed by atoms with van der Waals surface area (Å²) in [5.74, 6) is -0.0106. The molecule has 488 valence electrons. The Morgan fingerprint density at radius 1 is 0.329 bits per heavy atom. The molecule has 0 rings (SSSR count). The number of aliphatic hydroxyl groups is 2. The number of carbonyl (C=O) groups excluding carboxylic acids is 2. The minimum atomic E-state index is -0.659. The van der Waals surface area contributed by atoms with Gasteiger partial charge in [-0.15, -0.1) is 0 Å². The summed E-state index contributed by atoms with van der Waals surface area (Å²) >= 11 is 0. The normalized spacial score (nSPS) is 12.5. The molecule has 0 aromatic heterocycles. The molecule has 0 bridgehead atoms. The zero-order chi connectivity index (χ0) is 59.2. The summed E-state index contributed by atoms with van der Waals surface area (Å²) in [4.78, 5) is 24.6. The van der Waals surface area contributed by atoms with Gasteiger partial charge in [-0.3, -0.25) is 9.59 Å². The maximum atomic E-state index is 12.5. The standard InChI is InChI=1S/C76H149NO5/c1-3-5-7-9-11-13-15-17-41-45-48-52-56-60-64-68-74(79)73(72-78)77-75(80)69-65-61-57-53-49-46-42-39-37-35-33-31-29-27-25-23-21-19-18-20-22-24-26-28-30-32-34-36-38-40-43-47-51-55-59-63-67-71-82-76(81)70-66-62-58-54-50-44-16-14-12-10-8-6-4-2/h14,16,73-74,78-79H,3-13,15,17-72H2,1-2H3,(H,77,80)/b16-14-. The highest BCUT2D eigenvalue weighted by molar-refractivity contribution is 5.76. The van der Waals surface area contributed by atoms with Gasteiger partial charge in [0.25, 0.3) is 0 Å². The highest BCUT2D eigenvalue weighted by Crippen LogP contribution is 2.20. The summed E-state index contributed by atoms with van der Waals surface area (Å²) < 4.78 is 5.49. The van der Waals surface area contributed by atoms with Crippen molar-refractivity contribution in [1.82, 2.24) is 5.32 Å². The highest BCUT2D eigenvalue weighted by Gasteiger charge is 2.20. The maximum absolute atomic E-state index is 12.5. The molecular weight excluding hydrogens is 1010 g/mol. The lowest BCUT2D eigenvalue weighted by Crippen LogP contribution is -2.45. The maximum Gasteiger partial charge on any atom is 0.305 e. The van der Waals surface area contributed by atoms with E-state index >= 15 is 0 Å². The van der Waals surface area contributed by atoms with Crippen molar-refractivity contribution in [1.29, 1.82) is 0 Å². The van der Waals surface area contributed by atoms with Gasteiger partial charge in [-0.2, -0.15) is 0 Å². The molecule has 1 amide bonds. The predicted octanol–water partition coefficient (Wildman–Crippen LogP) is 24.7. The van der Waals surface area contributed by atoms with E-state index in [1.54, 1.807) is 0 Å². The Labute approximate surface area is 514 Å². The molecule has 82 heavy (non-hydrogen) atoms. The summed E-state index contributed by atoms with van der Waals surface area (Å²) in [6.07, 6.45) is 90.2. The number of aliphatic hydroxyl groups excluding tert-OH is 2. The molecule has 0 heterocycles. The topological polar surface area (TPSA) is 95.9 Å². The number of nitrogens with one attached hydrogen (secondary N) is 1. The first kappa shape index (κ1) is 80.6. The molecule has 0 aliphatic rings. The van der Waals surface area contributed by atoms with Crippen LogP contribution in [0.1, 0.15) is 438 Å². The van der Waals surface area contributed by atoms with Crippen molar-refractivity contribution in [2.24, 2.45) is 0 Å². The Balaban J connectivity index is 3.29. The molecule has 2 unspecified atom stereocenters. The molecule has 0 aliphatic carbocycles. The molecule has 0 saturated carbocycles. The van der Waals surface area contributed by atoms with Crippen molar-refractivity contribution in [2.45, 2.75) is 450 Å². The lowest BCUT2D eigenvalue weighted by atomic mass is 10.0. The van der Waals surface area contributed by atoms with Gasteiger partial charge in [-0.1, -0.05) is 386 Å². The van der Waals surface area contributed by atoms with Gasteiger partial charge in [0.15, 0.2) is 0 Å². The van der Waals surface area contributed by atoms with Crippen LogP contribution in [0.4, 0.5) is 0 Å². The number of allylic oxidation sites excluding steroid dienone is 2. The van der Waals surface area contributed by atoms with Crippen LogP contribution in [0.3, 0.4) is 0 Å². The van der Waals surface area contributed by atoms with Crippen molar-refractivity contribution < 1.29 is 24.5 Å². The van der Waals surface area contributed by atoms with Gasteiger partial charge in [-0.25, -0.2) is 0 Å². The molecule has 0 aromatic carbocycles. The van der Waals surface area contributed by atoms with Crippen LogP contribution >= 0.6 is 0 Å². The zero-order valence-electron chi connectivity index (χ0n) is 56.0. The number of ether oxygens (including phenoxy) is 1. The fraction of sp³-hybridized carbons (Fsp3) is 0.947. The second-order valence-corrected chi connectivity index (χ2v) is 26.3. The summed E-state index contributed by atoms with van der Waals surface area (Å²) in [7, 11) is 0. The van der Waals surface area contributed by atoms with E-state index < -0.39 is 12.1 Å². The molecule has 0 aliphatic heterocycles. The fourth-order valence-corrected chi connectivity index (χ4v) is 12.3. The van der Waals surface area contributed by atoms with Gasteiger partial charge >= 0.3 is 5.97 Å². The zero-order valence-corrected chi connectivity index (χ0v) is 56.0. The quantitative estimate of drug-likeness (QED) is 0.0320. The number of esters is 1. The third-order valence-corrected chi connectivity index (χ3v) is 18.1. The molecular formula is C76H149NO5. The summed E-state index contributed by atoms with van der Waals surface area (Å²) in [6.45, 7) is 4.98. The highest BCUT2D eigenvalue weighted by atomic mass is 16.5. The van der Waals surface area contributed by atoms with E-state index in [1.807, 2.05) is 0 Å². The summed E-state index contributed by atoms with van der Waals surface area (Å²) in [5, 5.41) is 23.4. The Morgan fingerprint density at radius 3 is 0.878 bits per heavy atom. The molecule has 0 saturated heterocycles. The Hall–Kier alpha value is -1.40. The van der Waals surface area contributed by atoms with Gasteiger partial charge in [-0.05, 0) is 51.4 Å². The molecule has 0 fully saturated rings. The summed E-state index contributed by atoms with van der Waals surface area (Å²) in [5.41, 5.74) is 0. The molecule has 0 spiro atoms. The van der Waals surface area contributed by atoms with E-state index in [0.717, 1.165) is 44.9 Å². The largest absolute Gasteiger partial charge is 0.466 e. The number of hydrogen-bond donors (Lipinski definition) is 3. The minimum absolute atomic E-state index is 0.0149. The SMILES string of the molecule is CCCCCC/C=C\CCCCCCCC(=O)OCCCCCCCCCCCCCCCCCCCCCCCCCCCCCCCCCCCCCCCC(=O)NC(CO)C(O)CCCCCCCCCCCCCCCCC. The second-order valence-electron chi connectivity index (χ2n) is 26.3. The van der Waals surface area contributed by atoms with Crippen LogP contribution in [0.15, 0.2) is 12.2 Å². The van der Waals surface area contributed by atoms with Gasteiger partial charge in [0.2, 0.25) is 5.91 Å². The average molecular weight is 1160 g/mol. The molecule has 3 N–H and O–H groups in total. The van der Waals surface area contributed by atoms with Crippen molar-refractivity contribution >= 4 is 11.9 Å². The third kappa shape index (κ3) is 67.7. The van der Waals surface area contributed by atoms with E-state index in [-0.39, 0.29) is 18.5 Å². The Bertz CT molecular complexity index is 1240. The minimum Gasteiger partial charge on any atom is -0.466 e. The Morgan fingerprint density at radius 2 is 0.573 bits per heavy atom. The lowest BCUT2D eigenvalue weighted by Gasteiger charge is -2.22. The number of hydrogen-bond acceptors (Lipinski definition) is 5. The first-order chi connectivity index (χ1) is 40.5. The third-order valence-electron chi connectivity index (χ3n) is 18.1. The molecule has 0 aromatic rings. The molecule has 6 nitrogen and oxygen atoms in total. The van der Waals surface area contributed by atoms with E-state index in [1.165, 1.54) is 360 Å². The van der Waals surface area contributed by atoms with E-state index in [9.17, 15) is 19.8 Å². The number of amides is 1. The van der Waals surface area contributed by atoms with Gasteiger partial charge in [0.05, 0.1) is 25.4 Å². The molecule has 6 heteroatoms. The van der Waals surface area contributed by atoms with E-state index in [4.69, 9.17) is 4.74 Å². The van der Waals surface area contributed by atoms with Crippen LogP contribution in [0, 0.1) is 0 Å². The van der Waals surface area contributed by atoms with Crippen molar-refractivity contribution in [2.75, 3.05) is 13.2 Å². The lowest BCUT2D eigenvalue weighted by molar-refractivity contribution is -0.143. The smallest absolute Gasteiger partial charge is 0.305 e. The Kier molecular flexibility index (Phi) is 70.8.